The van der Waals surface area contributed by atoms with Gasteiger partial charge in [0.1, 0.15) is 73.2 Å². The lowest BCUT2D eigenvalue weighted by atomic mass is 9.96. The lowest BCUT2D eigenvalue weighted by molar-refractivity contribution is -0.379. The first-order valence-electron chi connectivity index (χ1n) is 39.2. The molecule has 0 aromatic carbocycles. The number of unbranched alkanes of at least 4 members (excludes halogenated alkanes) is 19. The summed E-state index contributed by atoms with van der Waals surface area (Å²) in [6, 6.07) is -1.01. The Kier molecular flexibility index (Phi) is 56.2. The molecule has 17 atom stereocenters. The standard InChI is InChI=1S/C84H137NO18/c1-3-5-7-9-11-13-15-17-19-21-23-24-25-26-27-28-29-30-31-32-33-34-35-36-37-38-39-40-41-42-44-46-48-50-52-54-56-58-60-62-72(90)85-67(68(89)61-59-57-55-53-51-49-47-45-43-22-20-18-16-14-12-10-8-6-4-2)66-98-82-78(96)75(93)80(70(64-87)100-82)103-84-79(97)76(94)81(71(65-88)101-84)102-83-77(95)74(92)73(91)69(63-86)99-83/h5,7,11,13,17,19,23-24,26-27,29-30,32-33,35-36,38-39,41-43,45,51,53,59,61,67-71,73-84,86-89,91-97H,3-4,6,8-10,12,14-16,18,20-22,25,28,31,34,37,40,44,46-50,52,54-58,60,62-66H2,1-2H3,(H,85,90)/b7-5-,13-11-,19-17-,24-23-,27-26-,30-29-,33-32-,36-35-,39-38-,42-41-,45-43+,53-51+,61-59+. The first kappa shape index (κ1) is 92.6. The molecule has 0 aromatic heterocycles. The molecule has 12 N–H and O–H groups in total. The van der Waals surface area contributed by atoms with Crippen molar-refractivity contribution in [2.45, 2.75) is 336 Å². The van der Waals surface area contributed by atoms with Crippen LogP contribution in [0, 0.1) is 0 Å². The van der Waals surface area contributed by atoms with Crippen molar-refractivity contribution in [1.82, 2.24) is 5.32 Å². The minimum atomic E-state index is -1.99. The summed E-state index contributed by atoms with van der Waals surface area (Å²) in [7, 11) is 0. The molecule has 3 aliphatic heterocycles. The van der Waals surface area contributed by atoms with Crippen molar-refractivity contribution in [3.8, 4) is 0 Å². The number of carbonyl (C=O) groups is 1. The molecule has 3 fully saturated rings. The molecule has 19 nitrogen and oxygen atoms in total. The maximum absolute atomic E-state index is 13.5. The average Bonchev–Trinajstić information content (AvgIpc) is 0.781. The molecule has 3 rings (SSSR count). The third-order valence-corrected chi connectivity index (χ3v) is 18.3. The molecule has 3 aliphatic rings. The molecule has 3 heterocycles. The predicted octanol–water partition coefficient (Wildman–Crippen LogP) is 12.8. The number of amides is 1. The highest BCUT2D eigenvalue weighted by molar-refractivity contribution is 5.76. The second-order valence-corrected chi connectivity index (χ2v) is 27.1. The Morgan fingerprint density at radius 3 is 1.09 bits per heavy atom. The Bertz CT molecular complexity index is 2480. The van der Waals surface area contributed by atoms with Crippen LogP contribution in [0.15, 0.2) is 158 Å². The van der Waals surface area contributed by atoms with Crippen molar-refractivity contribution in [3.05, 3.63) is 158 Å². The molecule has 17 unspecified atom stereocenters. The van der Waals surface area contributed by atoms with Crippen LogP contribution in [0.3, 0.4) is 0 Å². The van der Waals surface area contributed by atoms with Gasteiger partial charge in [-0.05, 0) is 122 Å². The van der Waals surface area contributed by atoms with Gasteiger partial charge in [-0.15, -0.1) is 0 Å². The minimum absolute atomic E-state index is 0.212. The van der Waals surface area contributed by atoms with Gasteiger partial charge < -0.3 is 89.9 Å². The summed E-state index contributed by atoms with van der Waals surface area (Å²) in [6.07, 6.45) is 65.0. The topological polar surface area (TPSA) is 307 Å². The Morgan fingerprint density at radius 1 is 0.359 bits per heavy atom. The molecule has 0 aliphatic carbocycles. The van der Waals surface area contributed by atoms with Gasteiger partial charge in [-0.1, -0.05) is 262 Å². The second-order valence-electron chi connectivity index (χ2n) is 27.1. The van der Waals surface area contributed by atoms with E-state index in [4.69, 9.17) is 28.4 Å². The molecule has 0 spiro atoms. The van der Waals surface area contributed by atoms with Crippen molar-refractivity contribution in [2.75, 3.05) is 26.4 Å². The van der Waals surface area contributed by atoms with E-state index in [1.807, 2.05) is 6.08 Å². The molecule has 103 heavy (non-hydrogen) atoms. The zero-order chi connectivity index (χ0) is 74.6. The number of aliphatic hydroxyl groups excluding tert-OH is 11. The van der Waals surface area contributed by atoms with E-state index >= 15 is 0 Å². The van der Waals surface area contributed by atoms with Crippen molar-refractivity contribution in [3.63, 3.8) is 0 Å². The van der Waals surface area contributed by atoms with Crippen LogP contribution < -0.4 is 5.32 Å². The van der Waals surface area contributed by atoms with Crippen LogP contribution in [0.2, 0.25) is 0 Å². The van der Waals surface area contributed by atoms with Crippen LogP contribution >= 0.6 is 0 Å². The number of hydrogen-bond acceptors (Lipinski definition) is 18. The Balaban J connectivity index is 1.37. The average molecular weight is 1450 g/mol. The van der Waals surface area contributed by atoms with E-state index < -0.39 is 124 Å². The number of aliphatic hydroxyl groups is 11. The summed E-state index contributed by atoms with van der Waals surface area (Å²) in [4.78, 5) is 13.5. The van der Waals surface area contributed by atoms with Gasteiger partial charge in [0.05, 0.1) is 38.6 Å². The minimum Gasteiger partial charge on any atom is -0.394 e. The zero-order valence-electron chi connectivity index (χ0n) is 62.5. The zero-order valence-corrected chi connectivity index (χ0v) is 62.5. The summed E-state index contributed by atoms with van der Waals surface area (Å²) in [5.74, 6) is -0.305. The van der Waals surface area contributed by atoms with Gasteiger partial charge in [-0.25, -0.2) is 0 Å². The van der Waals surface area contributed by atoms with Crippen molar-refractivity contribution < 1.29 is 89.4 Å². The van der Waals surface area contributed by atoms with E-state index in [0.717, 1.165) is 135 Å². The van der Waals surface area contributed by atoms with E-state index in [9.17, 15) is 61.0 Å². The van der Waals surface area contributed by atoms with Gasteiger partial charge in [0.2, 0.25) is 5.91 Å². The quantitative estimate of drug-likeness (QED) is 0.0199. The number of allylic oxidation sites excluding steroid dienone is 25. The Hall–Kier alpha value is -4.59. The SMILES string of the molecule is CC/C=C\C/C=C\C/C=C\C/C=C\C/C=C\C/C=C\C/C=C\C/C=C\C/C=C\C/C=C\CCCCCCCCCCC(=O)NC(COC1OC(CO)C(OC2OC(CO)C(OC3OC(CO)C(O)C(O)C3O)C(O)C2O)C(O)C1O)C(O)/C=C/CC/C=C/CC/C=C/CCCCCCCCCCC. The van der Waals surface area contributed by atoms with E-state index in [1.165, 1.54) is 64.2 Å². The highest BCUT2D eigenvalue weighted by Gasteiger charge is 2.53. The number of hydrogen-bond donors (Lipinski definition) is 12. The van der Waals surface area contributed by atoms with E-state index in [2.05, 4.69) is 165 Å². The van der Waals surface area contributed by atoms with E-state index in [0.29, 0.717) is 12.8 Å². The van der Waals surface area contributed by atoms with Crippen LogP contribution in [0.5, 0.6) is 0 Å². The van der Waals surface area contributed by atoms with Crippen LogP contribution in [0.1, 0.15) is 232 Å². The van der Waals surface area contributed by atoms with Gasteiger partial charge in [-0.3, -0.25) is 4.79 Å². The summed E-state index contributed by atoms with van der Waals surface area (Å²) < 4.78 is 34.4. The highest BCUT2D eigenvalue weighted by atomic mass is 16.8. The van der Waals surface area contributed by atoms with Gasteiger partial charge in [-0.2, -0.15) is 0 Å². The summed E-state index contributed by atoms with van der Waals surface area (Å²) in [5.41, 5.74) is 0. The molecular weight excluding hydrogens is 1310 g/mol. The molecule has 586 valence electrons. The molecule has 0 bridgehead atoms. The Labute approximate surface area is 618 Å². The number of nitrogens with one attached hydrogen (secondary N) is 1. The molecule has 0 saturated carbocycles. The molecule has 19 heteroatoms. The van der Waals surface area contributed by atoms with Crippen LogP contribution in [0.4, 0.5) is 0 Å². The number of carbonyl (C=O) groups excluding carboxylic acids is 1. The third-order valence-electron chi connectivity index (χ3n) is 18.3. The fraction of sp³-hybridized carbons (Fsp3) is 0.679. The molecule has 1 amide bonds. The fourth-order valence-corrected chi connectivity index (χ4v) is 12.0. The fourth-order valence-electron chi connectivity index (χ4n) is 12.0. The van der Waals surface area contributed by atoms with Gasteiger partial charge in [0.25, 0.3) is 0 Å². The van der Waals surface area contributed by atoms with Gasteiger partial charge in [0.15, 0.2) is 18.9 Å². The van der Waals surface area contributed by atoms with Crippen molar-refractivity contribution in [2.24, 2.45) is 0 Å². The van der Waals surface area contributed by atoms with Crippen LogP contribution in [-0.4, -0.2) is 193 Å². The summed E-state index contributed by atoms with van der Waals surface area (Å²) in [5, 5.41) is 121. The third kappa shape index (κ3) is 42.5. The predicted molar refractivity (Wildman–Crippen MR) is 410 cm³/mol. The van der Waals surface area contributed by atoms with Crippen molar-refractivity contribution in [1.29, 1.82) is 0 Å². The van der Waals surface area contributed by atoms with E-state index in [1.54, 1.807) is 6.08 Å². The molecule has 0 aromatic rings. The maximum atomic E-state index is 13.5. The monoisotopic (exact) mass is 1450 g/mol. The first-order valence-corrected chi connectivity index (χ1v) is 39.2. The lowest BCUT2D eigenvalue weighted by Crippen LogP contribution is -2.66. The molecule has 0 radical (unpaired) electrons. The normalized spacial score (nSPS) is 26.9. The molecular formula is C84H137NO18. The van der Waals surface area contributed by atoms with Crippen LogP contribution in [-0.2, 0) is 33.2 Å². The van der Waals surface area contributed by atoms with Gasteiger partial charge >= 0.3 is 0 Å². The van der Waals surface area contributed by atoms with Gasteiger partial charge in [0, 0.05) is 6.42 Å². The maximum Gasteiger partial charge on any atom is 0.220 e. The first-order chi connectivity index (χ1) is 50.3. The number of ether oxygens (including phenoxy) is 6. The lowest BCUT2D eigenvalue weighted by Gasteiger charge is -2.48. The van der Waals surface area contributed by atoms with E-state index in [-0.39, 0.29) is 18.9 Å². The van der Waals surface area contributed by atoms with Crippen molar-refractivity contribution >= 4 is 5.91 Å². The summed E-state index contributed by atoms with van der Waals surface area (Å²) >= 11 is 0. The van der Waals surface area contributed by atoms with Crippen LogP contribution in [0.25, 0.3) is 0 Å². The summed E-state index contributed by atoms with van der Waals surface area (Å²) in [6.45, 7) is 1.57. The highest BCUT2D eigenvalue weighted by Crippen LogP contribution is 2.33. The second kappa shape index (κ2) is 62.4. The number of rotatable bonds is 59. The molecule has 3 saturated heterocycles. The smallest absolute Gasteiger partial charge is 0.220 e. The Morgan fingerprint density at radius 2 is 0.680 bits per heavy atom. The largest absolute Gasteiger partial charge is 0.394 e.